The fourth-order valence-corrected chi connectivity index (χ4v) is 2.77. The van der Waals surface area contributed by atoms with Gasteiger partial charge in [-0.3, -0.25) is 0 Å². The average molecular weight is 299 g/mol. The van der Waals surface area contributed by atoms with Gasteiger partial charge in [0.05, 0.1) is 7.11 Å². The lowest BCUT2D eigenvalue weighted by molar-refractivity contribution is 0.153. The summed E-state index contributed by atoms with van der Waals surface area (Å²) >= 11 is 6.04. The summed E-state index contributed by atoms with van der Waals surface area (Å²) in [6.07, 6.45) is 1.83. The number of rotatable bonds is 5. The minimum absolute atomic E-state index is 0.218. The Bertz CT molecular complexity index is 446. The zero-order valence-corrected chi connectivity index (χ0v) is 13.0. The lowest BCUT2D eigenvalue weighted by atomic mass is 10.1. The number of phenolic OH excluding ortho intramolecular Hbond substituents is 1. The lowest BCUT2D eigenvalue weighted by Gasteiger charge is -2.32. The Balaban J connectivity index is 1.86. The van der Waals surface area contributed by atoms with Crippen molar-refractivity contribution in [2.75, 3.05) is 46.9 Å². The monoisotopic (exact) mass is 298 g/mol. The van der Waals surface area contributed by atoms with E-state index < -0.39 is 0 Å². The van der Waals surface area contributed by atoms with Gasteiger partial charge in [0.25, 0.3) is 0 Å². The number of hydrogen-bond acceptors (Lipinski definition) is 4. The summed E-state index contributed by atoms with van der Waals surface area (Å²) in [5, 5.41) is 10.7. The molecule has 0 atom stereocenters. The predicted octanol–water partition coefficient (Wildman–Crippen LogP) is 2.23. The van der Waals surface area contributed by atoms with Gasteiger partial charge in [0, 0.05) is 37.3 Å². The summed E-state index contributed by atoms with van der Waals surface area (Å²) in [4.78, 5) is 4.82. The second-order valence-electron chi connectivity index (χ2n) is 5.36. The van der Waals surface area contributed by atoms with Crippen LogP contribution in [0.15, 0.2) is 12.1 Å². The number of nitrogens with zero attached hydrogens (tertiary/aromatic N) is 2. The van der Waals surface area contributed by atoms with E-state index in [4.69, 9.17) is 16.3 Å². The number of benzene rings is 1. The number of hydrogen-bond donors (Lipinski definition) is 1. The molecular weight excluding hydrogens is 276 g/mol. The summed E-state index contributed by atoms with van der Waals surface area (Å²) in [5.74, 6) is 0.669. The average Bonchev–Trinajstić information content (AvgIpc) is 2.44. The lowest BCUT2D eigenvalue weighted by Crippen LogP contribution is -2.44. The largest absolute Gasteiger partial charge is 0.504 e. The zero-order valence-electron chi connectivity index (χ0n) is 12.2. The van der Waals surface area contributed by atoms with Crippen molar-refractivity contribution in [1.82, 2.24) is 9.80 Å². The maximum Gasteiger partial charge on any atom is 0.162 e. The van der Waals surface area contributed by atoms with Crippen molar-refractivity contribution in [2.24, 2.45) is 0 Å². The minimum Gasteiger partial charge on any atom is -0.504 e. The number of ether oxygens (including phenoxy) is 1. The van der Waals surface area contributed by atoms with Gasteiger partial charge in [-0.25, -0.2) is 0 Å². The van der Waals surface area contributed by atoms with Gasteiger partial charge >= 0.3 is 0 Å². The molecule has 112 valence electrons. The van der Waals surface area contributed by atoms with Crippen LogP contribution in [0.1, 0.15) is 12.0 Å². The topological polar surface area (TPSA) is 35.9 Å². The first-order valence-electron chi connectivity index (χ1n) is 7.06. The van der Waals surface area contributed by atoms with E-state index in [0.29, 0.717) is 10.8 Å². The number of aromatic hydroxyl groups is 1. The zero-order chi connectivity index (χ0) is 14.5. The number of phenols is 1. The van der Waals surface area contributed by atoms with Crippen molar-refractivity contribution in [3.63, 3.8) is 0 Å². The molecule has 1 N–H and O–H groups in total. The summed E-state index contributed by atoms with van der Waals surface area (Å²) in [6.45, 7) is 5.58. The van der Waals surface area contributed by atoms with Crippen molar-refractivity contribution in [3.8, 4) is 11.5 Å². The van der Waals surface area contributed by atoms with E-state index in [1.165, 1.54) is 0 Å². The molecule has 0 saturated carbocycles. The van der Waals surface area contributed by atoms with Crippen LogP contribution in [0.3, 0.4) is 0 Å². The standard InChI is InChI=1S/C15H23ClN2O2/c1-17-6-8-18(9-7-17)5-3-4-12-10-13(16)11-14(20-2)15(12)19/h10-11,19H,3-9H2,1-2H3. The number of likely N-dealkylation sites (N-methyl/N-ethyl adjacent to an activating group) is 1. The van der Waals surface area contributed by atoms with Crippen LogP contribution in [0.5, 0.6) is 11.5 Å². The van der Waals surface area contributed by atoms with Gasteiger partial charge < -0.3 is 19.6 Å². The normalized spacial score (nSPS) is 17.4. The maximum atomic E-state index is 10.1. The molecule has 0 unspecified atom stereocenters. The molecule has 1 aromatic carbocycles. The number of aryl methyl sites for hydroxylation is 1. The van der Waals surface area contributed by atoms with Crippen LogP contribution < -0.4 is 4.74 Å². The molecule has 1 aliphatic heterocycles. The summed E-state index contributed by atoms with van der Waals surface area (Å²) < 4.78 is 5.12. The third-order valence-corrected chi connectivity index (χ3v) is 4.07. The van der Waals surface area contributed by atoms with Crippen LogP contribution in [-0.4, -0.2) is 61.8 Å². The molecule has 2 rings (SSSR count). The summed E-state index contributed by atoms with van der Waals surface area (Å²) in [6, 6.07) is 3.46. The maximum absolute atomic E-state index is 10.1. The SMILES string of the molecule is COc1cc(Cl)cc(CCCN2CCN(C)CC2)c1O. The first kappa shape index (κ1) is 15.4. The van der Waals surface area contributed by atoms with Crippen LogP contribution in [0.25, 0.3) is 0 Å². The fraction of sp³-hybridized carbons (Fsp3) is 0.600. The summed E-state index contributed by atoms with van der Waals surface area (Å²) in [5.41, 5.74) is 0.864. The van der Waals surface area contributed by atoms with Crippen molar-refractivity contribution in [3.05, 3.63) is 22.7 Å². The Morgan fingerprint density at radius 1 is 1.25 bits per heavy atom. The van der Waals surface area contributed by atoms with Gasteiger partial charge in [0.2, 0.25) is 0 Å². The second-order valence-corrected chi connectivity index (χ2v) is 5.80. The molecule has 5 heteroatoms. The molecule has 1 aromatic rings. The van der Waals surface area contributed by atoms with E-state index in [1.807, 2.05) is 6.07 Å². The summed E-state index contributed by atoms with van der Waals surface area (Å²) in [7, 11) is 3.70. The van der Waals surface area contributed by atoms with Gasteiger partial charge in [-0.15, -0.1) is 0 Å². The first-order chi connectivity index (χ1) is 9.60. The molecule has 4 nitrogen and oxygen atoms in total. The van der Waals surface area contributed by atoms with Crippen molar-refractivity contribution >= 4 is 11.6 Å². The smallest absolute Gasteiger partial charge is 0.162 e. The van der Waals surface area contributed by atoms with Gasteiger partial charge in [0.15, 0.2) is 11.5 Å². The van der Waals surface area contributed by atoms with Crippen molar-refractivity contribution in [2.45, 2.75) is 12.8 Å². The molecular formula is C15H23ClN2O2. The van der Waals surface area contributed by atoms with E-state index in [-0.39, 0.29) is 5.75 Å². The highest BCUT2D eigenvalue weighted by molar-refractivity contribution is 6.30. The molecule has 0 amide bonds. The Kier molecular flexibility index (Phi) is 5.52. The van der Waals surface area contributed by atoms with E-state index in [2.05, 4.69) is 16.8 Å². The Morgan fingerprint density at radius 3 is 2.60 bits per heavy atom. The van der Waals surface area contributed by atoms with Gasteiger partial charge in [-0.2, -0.15) is 0 Å². The third-order valence-electron chi connectivity index (χ3n) is 3.85. The highest BCUT2D eigenvalue weighted by atomic mass is 35.5. The van der Waals surface area contributed by atoms with E-state index in [0.717, 1.165) is 51.1 Å². The second kappa shape index (κ2) is 7.16. The van der Waals surface area contributed by atoms with Gasteiger partial charge in [-0.05, 0) is 38.1 Å². The highest BCUT2D eigenvalue weighted by Crippen LogP contribution is 2.34. The molecule has 0 aromatic heterocycles. The quantitative estimate of drug-likeness (QED) is 0.904. The predicted molar refractivity (Wildman–Crippen MR) is 81.9 cm³/mol. The Labute approximate surface area is 125 Å². The first-order valence-corrected chi connectivity index (χ1v) is 7.44. The van der Waals surface area contributed by atoms with Crippen molar-refractivity contribution < 1.29 is 9.84 Å². The fourth-order valence-electron chi connectivity index (χ4n) is 2.54. The Hall–Kier alpha value is -0.970. The number of methoxy groups -OCH3 is 1. The molecule has 0 radical (unpaired) electrons. The minimum atomic E-state index is 0.218. The van der Waals surface area contributed by atoms with E-state index in [9.17, 15) is 5.11 Å². The van der Waals surface area contributed by atoms with Crippen molar-refractivity contribution in [1.29, 1.82) is 0 Å². The van der Waals surface area contributed by atoms with Gasteiger partial charge in [-0.1, -0.05) is 11.6 Å². The van der Waals surface area contributed by atoms with E-state index in [1.54, 1.807) is 13.2 Å². The molecule has 1 fully saturated rings. The molecule has 20 heavy (non-hydrogen) atoms. The highest BCUT2D eigenvalue weighted by Gasteiger charge is 2.14. The third kappa shape index (κ3) is 4.01. The molecule has 0 bridgehead atoms. The molecule has 0 spiro atoms. The van der Waals surface area contributed by atoms with Crippen LogP contribution in [0.4, 0.5) is 0 Å². The van der Waals surface area contributed by atoms with Crippen LogP contribution in [0, 0.1) is 0 Å². The van der Waals surface area contributed by atoms with E-state index >= 15 is 0 Å². The number of piperazine rings is 1. The molecule has 1 aliphatic rings. The van der Waals surface area contributed by atoms with Crippen LogP contribution >= 0.6 is 11.6 Å². The number of halogens is 1. The molecule has 1 heterocycles. The van der Waals surface area contributed by atoms with Gasteiger partial charge in [0.1, 0.15) is 0 Å². The van der Waals surface area contributed by atoms with Crippen LogP contribution in [-0.2, 0) is 6.42 Å². The molecule has 1 saturated heterocycles. The molecule has 0 aliphatic carbocycles. The Morgan fingerprint density at radius 2 is 1.95 bits per heavy atom. The van der Waals surface area contributed by atoms with Crippen LogP contribution in [0.2, 0.25) is 5.02 Å².